The molecule has 0 fully saturated rings. The van der Waals surface area contributed by atoms with Gasteiger partial charge in [0.1, 0.15) is 0 Å². The monoisotopic (exact) mass is 460 g/mol. The second-order valence-corrected chi connectivity index (χ2v) is 8.54. The summed E-state index contributed by atoms with van der Waals surface area (Å²) in [5, 5.41) is 13.2. The number of hydrogen-bond donors (Lipinski definition) is 0. The molecule has 0 aliphatic carbocycles. The molecule has 10 nitrogen and oxygen atoms in total. The molecule has 0 aliphatic rings. The maximum Gasteiger partial charge on any atom is 0.332 e. The molecule has 2 aromatic carbocycles. The van der Waals surface area contributed by atoms with Gasteiger partial charge in [0.2, 0.25) is 5.16 Å². The molecule has 0 atom stereocenters. The highest BCUT2D eigenvalue weighted by atomic mass is 32.2. The van der Waals surface area contributed by atoms with E-state index >= 15 is 0 Å². The predicted octanol–water partition coefficient (Wildman–Crippen LogP) is 1.92. The lowest BCUT2D eigenvalue weighted by Crippen LogP contribution is -2.37. The van der Waals surface area contributed by atoms with E-state index in [1.807, 2.05) is 66.1 Å². The Kier molecular flexibility index (Phi) is 5.17. The molecule has 0 amide bonds. The molecule has 3 aromatic heterocycles. The number of aromatic nitrogens is 8. The van der Waals surface area contributed by atoms with Crippen LogP contribution in [-0.4, -0.2) is 38.9 Å². The summed E-state index contributed by atoms with van der Waals surface area (Å²) < 4.78 is 5.93. The van der Waals surface area contributed by atoms with Crippen LogP contribution in [0, 0.1) is 6.92 Å². The highest BCUT2D eigenvalue weighted by molar-refractivity contribution is 7.99. The summed E-state index contributed by atoms with van der Waals surface area (Å²) in [6, 6.07) is 17.5. The number of fused-ring (bicyclic) bond motifs is 1. The Labute approximate surface area is 192 Å². The first-order valence-electron chi connectivity index (χ1n) is 10.2. The summed E-state index contributed by atoms with van der Waals surface area (Å²) in [7, 11) is 3.07. The van der Waals surface area contributed by atoms with Crippen LogP contribution in [0.25, 0.3) is 16.9 Å². The van der Waals surface area contributed by atoms with E-state index in [2.05, 4.69) is 20.5 Å². The quantitative estimate of drug-likeness (QED) is 0.394. The smallest absolute Gasteiger partial charge is 0.308 e. The topological polar surface area (TPSA) is 105 Å². The lowest BCUT2D eigenvalue weighted by atomic mass is 10.2. The normalized spacial score (nSPS) is 11.4. The van der Waals surface area contributed by atoms with E-state index in [4.69, 9.17) is 0 Å². The number of imidazole rings is 1. The number of aryl methyl sites for hydroxylation is 2. The van der Waals surface area contributed by atoms with Crippen LogP contribution in [-0.2, 0) is 20.6 Å². The van der Waals surface area contributed by atoms with Crippen molar-refractivity contribution in [3.63, 3.8) is 0 Å². The van der Waals surface area contributed by atoms with Gasteiger partial charge >= 0.3 is 5.69 Å². The largest absolute Gasteiger partial charge is 0.332 e. The van der Waals surface area contributed by atoms with Gasteiger partial charge in [-0.1, -0.05) is 48.5 Å². The molecule has 0 unspecified atom stereocenters. The lowest BCUT2D eigenvalue weighted by molar-refractivity contribution is 0.695. The molecule has 0 N–H and O–H groups in total. The molecule has 0 bridgehead atoms. The Balaban J connectivity index is 1.70. The first-order chi connectivity index (χ1) is 16.0. The maximum atomic E-state index is 13.1. The van der Waals surface area contributed by atoms with E-state index in [0.29, 0.717) is 28.0 Å². The summed E-state index contributed by atoms with van der Waals surface area (Å²) in [6.45, 7) is 2.38. The predicted molar refractivity (Wildman–Crippen MR) is 124 cm³/mol. The van der Waals surface area contributed by atoms with Crippen molar-refractivity contribution in [1.82, 2.24) is 38.9 Å². The summed E-state index contributed by atoms with van der Waals surface area (Å²) in [5.41, 5.74) is 2.69. The van der Waals surface area contributed by atoms with Gasteiger partial charge in [0.05, 0.1) is 12.2 Å². The molecule has 5 rings (SSSR count). The Hall–Kier alpha value is -3.99. The van der Waals surface area contributed by atoms with Crippen LogP contribution in [0.2, 0.25) is 0 Å². The number of hydrogen-bond acceptors (Lipinski definition) is 7. The van der Waals surface area contributed by atoms with Gasteiger partial charge in [-0.15, -0.1) is 5.10 Å². The molecule has 33 heavy (non-hydrogen) atoms. The van der Waals surface area contributed by atoms with Crippen LogP contribution in [0.3, 0.4) is 0 Å². The maximum absolute atomic E-state index is 13.1. The molecule has 5 aromatic rings. The molecule has 0 saturated heterocycles. The Morgan fingerprint density at radius 3 is 2.39 bits per heavy atom. The summed E-state index contributed by atoms with van der Waals surface area (Å²) >= 11 is 1.24. The fourth-order valence-corrected chi connectivity index (χ4v) is 4.55. The Morgan fingerprint density at radius 1 is 0.909 bits per heavy atom. The van der Waals surface area contributed by atoms with Gasteiger partial charge in [0.25, 0.3) is 5.56 Å². The third kappa shape index (κ3) is 3.55. The first kappa shape index (κ1) is 20.9. The standard InChI is InChI=1S/C22H20N8O2S/c1-14-9-7-8-12-16(14)30-21(24-25-26-30)33-20-23-18-17(19(31)28(3)22(32)27(18)2)29(20)13-15-10-5-4-6-11-15/h4-12H,13H2,1-3H3. The minimum Gasteiger partial charge on any atom is -0.308 e. The van der Waals surface area contributed by atoms with E-state index in [1.165, 1.54) is 23.4 Å². The first-order valence-corrected chi connectivity index (χ1v) is 11.0. The third-order valence-corrected chi connectivity index (χ3v) is 6.39. The van der Waals surface area contributed by atoms with Crippen molar-refractivity contribution >= 4 is 22.9 Å². The van der Waals surface area contributed by atoms with E-state index < -0.39 is 11.2 Å². The van der Waals surface area contributed by atoms with E-state index in [-0.39, 0.29) is 0 Å². The van der Waals surface area contributed by atoms with Crippen molar-refractivity contribution in [2.75, 3.05) is 0 Å². The molecule has 3 heterocycles. The average Bonchev–Trinajstić information content (AvgIpc) is 3.42. The van der Waals surface area contributed by atoms with Crippen molar-refractivity contribution in [3.05, 3.63) is 86.6 Å². The van der Waals surface area contributed by atoms with Gasteiger partial charge in [-0.25, -0.2) is 9.78 Å². The van der Waals surface area contributed by atoms with Gasteiger partial charge < -0.3 is 4.57 Å². The van der Waals surface area contributed by atoms with Gasteiger partial charge in [0.15, 0.2) is 16.3 Å². The van der Waals surface area contributed by atoms with Gasteiger partial charge in [-0.05, 0) is 46.3 Å². The van der Waals surface area contributed by atoms with Crippen LogP contribution < -0.4 is 11.2 Å². The minimum absolute atomic E-state index is 0.316. The molecule has 11 heteroatoms. The molecular formula is C22H20N8O2S. The number of tetrazole rings is 1. The van der Waals surface area contributed by atoms with Gasteiger partial charge in [-0.3, -0.25) is 13.9 Å². The van der Waals surface area contributed by atoms with Crippen LogP contribution in [0.5, 0.6) is 0 Å². The fraction of sp³-hybridized carbons (Fsp3) is 0.182. The summed E-state index contributed by atoms with van der Waals surface area (Å²) in [5.74, 6) is 0. The molecule has 0 aliphatic heterocycles. The number of para-hydroxylation sites is 1. The molecule has 0 saturated carbocycles. The van der Waals surface area contributed by atoms with Gasteiger partial charge in [0, 0.05) is 14.1 Å². The highest BCUT2D eigenvalue weighted by Crippen LogP contribution is 2.29. The van der Waals surface area contributed by atoms with Crippen LogP contribution in [0.15, 0.2) is 74.5 Å². The SMILES string of the molecule is Cc1ccccc1-n1nnnc1Sc1nc2c(c(=O)n(C)c(=O)n2C)n1Cc1ccccc1. The second kappa shape index (κ2) is 8.17. The van der Waals surface area contributed by atoms with Crippen molar-refractivity contribution in [2.24, 2.45) is 14.1 Å². The molecular weight excluding hydrogens is 440 g/mol. The summed E-state index contributed by atoms with van der Waals surface area (Å²) in [6.07, 6.45) is 0. The fourth-order valence-electron chi connectivity index (χ4n) is 3.69. The Morgan fingerprint density at radius 2 is 1.64 bits per heavy atom. The molecule has 0 radical (unpaired) electrons. The number of benzene rings is 2. The number of rotatable bonds is 5. The van der Waals surface area contributed by atoms with E-state index in [1.54, 1.807) is 11.7 Å². The van der Waals surface area contributed by atoms with Crippen molar-refractivity contribution in [1.29, 1.82) is 0 Å². The highest BCUT2D eigenvalue weighted by Gasteiger charge is 2.22. The van der Waals surface area contributed by atoms with Crippen molar-refractivity contribution < 1.29 is 0 Å². The third-order valence-electron chi connectivity index (χ3n) is 5.46. The van der Waals surface area contributed by atoms with Gasteiger partial charge in [-0.2, -0.15) is 4.68 Å². The van der Waals surface area contributed by atoms with Crippen molar-refractivity contribution in [2.45, 2.75) is 23.8 Å². The van der Waals surface area contributed by atoms with E-state index in [0.717, 1.165) is 21.4 Å². The lowest BCUT2D eigenvalue weighted by Gasteiger charge is -2.10. The molecule has 166 valence electrons. The average molecular weight is 461 g/mol. The van der Waals surface area contributed by atoms with E-state index in [9.17, 15) is 9.59 Å². The zero-order valence-corrected chi connectivity index (χ0v) is 19.0. The zero-order valence-electron chi connectivity index (χ0n) is 18.2. The minimum atomic E-state index is -0.432. The van der Waals surface area contributed by atoms with Crippen LogP contribution in [0.4, 0.5) is 0 Å². The Bertz CT molecular complexity index is 1600. The zero-order chi connectivity index (χ0) is 23.1. The van der Waals surface area contributed by atoms with Crippen molar-refractivity contribution in [3.8, 4) is 5.69 Å². The van der Waals surface area contributed by atoms with Crippen LogP contribution >= 0.6 is 11.8 Å². The molecule has 0 spiro atoms. The number of nitrogens with zero attached hydrogens (tertiary/aromatic N) is 8. The second-order valence-electron chi connectivity index (χ2n) is 7.61. The van der Waals surface area contributed by atoms with Crippen LogP contribution in [0.1, 0.15) is 11.1 Å². The summed E-state index contributed by atoms with van der Waals surface area (Å²) in [4.78, 5) is 30.3.